The Morgan fingerprint density at radius 3 is 2.73 bits per heavy atom. The van der Waals surface area contributed by atoms with E-state index in [-0.39, 0.29) is 12.0 Å². The van der Waals surface area contributed by atoms with Crippen LogP contribution in [0.5, 0.6) is 5.88 Å². The van der Waals surface area contributed by atoms with Gasteiger partial charge in [-0.25, -0.2) is 0 Å². The lowest BCUT2D eigenvalue weighted by atomic mass is 9.87. The molecule has 0 aliphatic heterocycles. The van der Waals surface area contributed by atoms with Gasteiger partial charge in [0.15, 0.2) is 5.76 Å². The van der Waals surface area contributed by atoms with Crippen molar-refractivity contribution >= 4 is 19.6 Å². The van der Waals surface area contributed by atoms with Gasteiger partial charge in [-0.3, -0.25) is 9.67 Å². The summed E-state index contributed by atoms with van der Waals surface area (Å²) in [6.07, 6.45) is 7.37. The van der Waals surface area contributed by atoms with Gasteiger partial charge >= 0.3 is 0 Å². The first-order chi connectivity index (χ1) is 14.4. The van der Waals surface area contributed by atoms with Gasteiger partial charge in [0.25, 0.3) is 0 Å². The second kappa shape index (κ2) is 11.0. The molecule has 0 radical (unpaired) electrons. The third-order valence-corrected chi connectivity index (χ3v) is 4.12. The fraction of sp³-hybridized carbons (Fsp3) is 0.381. The zero-order valence-electron chi connectivity index (χ0n) is 17.7. The van der Waals surface area contributed by atoms with Crippen molar-refractivity contribution in [1.82, 2.24) is 14.8 Å². The topological polar surface area (TPSA) is 106 Å². The highest BCUT2D eigenvalue weighted by atomic mass is 16.6. The number of aliphatic hydroxyl groups is 1. The number of aliphatic hydroxyl groups excluding tert-OH is 1. The molecule has 0 saturated heterocycles. The average molecular weight is 412 g/mol. The number of hydrogen-bond acceptors (Lipinski definition) is 8. The highest BCUT2D eigenvalue weighted by Crippen LogP contribution is 2.34. The SMILES string of the molecule is C=N/N=C\c1c(C(C)(C)C)c(OCc2cccnc2)nn1CC/C=C(/CO)ON=C. The molecular formula is C21H28N6O3. The van der Waals surface area contributed by atoms with Gasteiger partial charge < -0.3 is 14.7 Å². The molecule has 0 aromatic carbocycles. The Hall–Kier alpha value is -3.33. The minimum absolute atomic E-state index is 0.257. The second-order valence-corrected chi connectivity index (χ2v) is 7.41. The van der Waals surface area contributed by atoms with E-state index in [0.717, 1.165) is 16.8 Å². The Morgan fingerprint density at radius 1 is 1.33 bits per heavy atom. The van der Waals surface area contributed by atoms with E-state index in [1.165, 1.54) is 0 Å². The van der Waals surface area contributed by atoms with Crippen LogP contribution < -0.4 is 4.74 Å². The molecule has 30 heavy (non-hydrogen) atoms. The largest absolute Gasteiger partial charge is 0.471 e. The molecule has 2 aromatic heterocycles. The fourth-order valence-electron chi connectivity index (χ4n) is 2.85. The second-order valence-electron chi connectivity index (χ2n) is 7.41. The molecule has 2 rings (SSSR count). The van der Waals surface area contributed by atoms with E-state index >= 15 is 0 Å². The minimum atomic E-state index is -0.264. The Balaban J connectivity index is 2.36. The van der Waals surface area contributed by atoms with Gasteiger partial charge in [0.05, 0.1) is 11.9 Å². The molecule has 0 aliphatic carbocycles. The van der Waals surface area contributed by atoms with Crippen LogP contribution in [0.4, 0.5) is 0 Å². The first-order valence-corrected chi connectivity index (χ1v) is 9.45. The van der Waals surface area contributed by atoms with Crippen LogP contribution in [0, 0.1) is 0 Å². The van der Waals surface area contributed by atoms with E-state index in [4.69, 9.17) is 9.57 Å². The lowest BCUT2D eigenvalue weighted by Gasteiger charge is -2.19. The summed E-state index contributed by atoms with van der Waals surface area (Å²) in [4.78, 5) is 9.02. The smallest absolute Gasteiger partial charge is 0.237 e. The summed E-state index contributed by atoms with van der Waals surface area (Å²) in [6.45, 7) is 13.5. The standard InChI is InChI=1S/C21H28N6O3/c1-21(2,3)19-18(13-25-22-4)27(11-7-9-17(14-28)30-23-5)26-20(19)29-15-16-8-6-10-24-12-16/h6,8-10,12-13,28H,4-5,7,11,14-15H2,1-3H3/b17-9-,25-13-. The summed E-state index contributed by atoms with van der Waals surface area (Å²) in [7, 11) is 0. The third-order valence-electron chi connectivity index (χ3n) is 4.12. The highest BCUT2D eigenvalue weighted by Gasteiger charge is 2.28. The van der Waals surface area contributed by atoms with E-state index < -0.39 is 0 Å². The molecule has 0 fully saturated rings. The molecule has 0 atom stereocenters. The van der Waals surface area contributed by atoms with Crippen LogP contribution in [0.15, 0.2) is 51.7 Å². The summed E-state index contributed by atoms with van der Waals surface area (Å²) in [5, 5.41) is 24.8. The Bertz CT molecular complexity index is 897. The minimum Gasteiger partial charge on any atom is -0.471 e. The molecule has 0 unspecified atom stereocenters. The van der Waals surface area contributed by atoms with Crippen molar-refractivity contribution in [1.29, 1.82) is 0 Å². The number of aryl methyl sites for hydroxylation is 1. The van der Waals surface area contributed by atoms with Crippen LogP contribution in [0.25, 0.3) is 0 Å². The van der Waals surface area contributed by atoms with Gasteiger partial charge in [0.1, 0.15) is 13.2 Å². The maximum atomic E-state index is 9.29. The summed E-state index contributed by atoms with van der Waals surface area (Å²) in [5.74, 6) is 0.844. The highest BCUT2D eigenvalue weighted by molar-refractivity contribution is 5.81. The molecule has 9 nitrogen and oxygen atoms in total. The molecule has 2 heterocycles. The van der Waals surface area contributed by atoms with Crippen molar-refractivity contribution in [2.24, 2.45) is 15.4 Å². The third kappa shape index (κ3) is 6.35. The van der Waals surface area contributed by atoms with Crippen molar-refractivity contribution in [2.45, 2.75) is 45.8 Å². The van der Waals surface area contributed by atoms with Crippen molar-refractivity contribution in [3.8, 4) is 5.88 Å². The predicted octanol–water partition coefficient (Wildman–Crippen LogP) is 3.09. The zero-order chi connectivity index (χ0) is 22.0. The molecule has 2 aromatic rings. The van der Waals surface area contributed by atoms with Gasteiger partial charge in [-0.15, -0.1) is 5.10 Å². The molecule has 0 spiro atoms. The average Bonchev–Trinajstić information content (AvgIpc) is 3.08. The Morgan fingerprint density at radius 2 is 2.13 bits per heavy atom. The Labute approximate surface area is 176 Å². The number of oxime groups is 1. The van der Waals surface area contributed by atoms with E-state index in [1.807, 2.05) is 12.1 Å². The zero-order valence-corrected chi connectivity index (χ0v) is 17.7. The van der Waals surface area contributed by atoms with Crippen LogP contribution in [0.3, 0.4) is 0 Å². The number of aromatic nitrogens is 3. The van der Waals surface area contributed by atoms with E-state index in [1.54, 1.807) is 29.4 Å². The molecule has 0 aliphatic rings. The Kier molecular flexibility index (Phi) is 8.42. The first-order valence-electron chi connectivity index (χ1n) is 9.45. The molecule has 0 saturated carbocycles. The van der Waals surface area contributed by atoms with Gasteiger partial charge in [0.2, 0.25) is 5.88 Å². The maximum absolute atomic E-state index is 9.29. The van der Waals surface area contributed by atoms with E-state index in [9.17, 15) is 5.11 Å². The summed E-state index contributed by atoms with van der Waals surface area (Å²) < 4.78 is 7.85. The molecular weight excluding hydrogens is 384 g/mol. The van der Waals surface area contributed by atoms with E-state index in [0.29, 0.717) is 31.2 Å². The van der Waals surface area contributed by atoms with Crippen molar-refractivity contribution < 1.29 is 14.7 Å². The summed E-state index contributed by atoms with van der Waals surface area (Å²) in [6, 6.07) is 3.81. The van der Waals surface area contributed by atoms with Gasteiger partial charge in [-0.05, 0) is 24.0 Å². The molecule has 160 valence electrons. The van der Waals surface area contributed by atoms with Gasteiger partial charge in [0, 0.05) is 43.5 Å². The molecule has 9 heteroatoms. The summed E-state index contributed by atoms with van der Waals surface area (Å²) >= 11 is 0. The number of allylic oxidation sites excluding steroid dienone is 1. The van der Waals surface area contributed by atoms with Crippen LogP contribution in [-0.2, 0) is 23.4 Å². The number of pyridine rings is 1. The quantitative estimate of drug-likeness (QED) is 0.347. The normalized spacial score (nSPS) is 12.2. The van der Waals surface area contributed by atoms with Crippen molar-refractivity contribution in [3.63, 3.8) is 0 Å². The maximum Gasteiger partial charge on any atom is 0.237 e. The van der Waals surface area contributed by atoms with E-state index in [2.05, 4.69) is 59.6 Å². The van der Waals surface area contributed by atoms with Crippen LogP contribution in [0.1, 0.15) is 44.0 Å². The van der Waals surface area contributed by atoms with Crippen LogP contribution in [0.2, 0.25) is 0 Å². The monoisotopic (exact) mass is 412 g/mol. The van der Waals surface area contributed by atoms with Crippen LogP contribution >= 0.6 is 0 Å². The lowest BCUT2D eigenvalue weighted by molar-refractivity contribution is 0.170. The number of rotatable bonds is 11. The van der Waals surface area contributed by atoms with Gasteiger partial charge in [-0.2, -0.15) is 10.2 Å². The first kappa shape index (κ1) is 23.0. The predicted molar refractivity (Wildman–Crippen MR) is 117 cm³/mol. The molecule has 0 amide bonds. The molecule has 0 bridgehead atoms. The van der Waals surface area contributed by atoms with Crippen LogP contribution in [-0.4, -0.2) is 46.1 Å². The van der Waals surface area contributed by atoms with Crippen molar-refractivity contribution in [2.75, 3.05) is 6.61 Å². The fourth-order valence-corrected chi connectivity index (χ4v) is 2.85. The lowest BCUT2D eigenvalue weighted by Crippen LogP contribution is -2.16. The number of hydrogen-bond donors (Lipinski definition) is 1. The van der Waals surface area contributed by atoms with Crippen molar-refractivity contribution in [3.05, 3.63) is 53.2 Å². The van der Waals surface area contributed by atoms with Gasteiger partial charge in [-0.1, -0.05) is 32.0 Å². The number of nitrogens with zero attached hydrogens (tertiary/aromatic N) is 6. The molecule has 1 N–H and O–H groups in total. The number of ether oxygens (including phenoxy) is 1. The summed E-state index contributed by atoms with van der Waals surface area (Å²) in [5.41, 5.74) is 2.37.